The molecule has 0 saturated carbocycles. The number of carbonyl (C=O) groups excluding carboxylic acids is 3. The fraction of sp³-hybridized carbons (Fsp3) is 0.786. The van der Waals surface area contributed by atoms with Gasteiger partial charge in [0.1, 0.15) is 6.10 Å². The van der Waals surface area contributed by atoms with Gasteiger partial charge in [-0.15, -0.1) is 0 Å². The van der Waals surface area contributed by atoms with Gasteiger partial charge in [0.25, 0.3) is 5.91 Å². The normalized spacial score (nSPS) is 14.0. The first-order chi connectivity index (χ1) is 10.6. The molecule has 7 nitrogen and oxygen atoms in total. The fourth-order valence-corrected chi connectivity index (χ4v) is 1.97. The molecule has 23 heavy (non-hydrogen) atoms. The standard InChI is InChI=1S/C14H25BrN2O5S/c1-9(15)12(21)17(6-4-10(19)16-5-7-23)13(22)11(20)14(2,3)8-18/h9,11,18,20,23H,4-8H2,1-3H3,(H,16,19)/t9?,11-/m0/s1. The van der Waals surface area contributed by atoms with Crippen LogP contribution in [0.4, 0.5) is 0 Å². The van der Waals surface area contributed by atoms with E-state index in [4.69, 9.17) is 0 Å². The van der Waals surface area contributed by atoms with Crippen LogP contribution in [0.15, 0.2) is 0 Å². The van der Waals surface area contributed by atoms with Crippen molar-refractivity contribution in [3.8, 4) is 0 Å². The van der Waals surface area contributed by atoms with E-state index < -0.39 is 34.8 Å². The number of hydrogen-bond acceptors (Lipinski definition) is 6. The van der Waals surface area contributed by atoms with E-state index in [1.165, 1.54) is 13.8 Å². The zero-order chi connectivity index (χ0) is 18.2. The number of carbonyl (C=O) groups is 3. The van der Waals surface area contributed by atoms with Crippen molar-refractivity contribution in [2.45, 2.75) is 38.1 Å². The zero-order valence-electron chi connectivity index (χ0n) is 13.6. The van der Waals surface area contributed by atoms with Crippen molar-refractivity contribution in [1.29, 1.82) is 0 Å². The lowest BCUT2D eigenvalue weighted by atomic mass is 9.86. The minimum Gasteiger partial charge on any atom is -0.396 e. The van der Waals surface area contributed by atoms with Crippen LogP contribution in [-0.4, -0.2) is 69.2 Å². The number of thiol groups is 1. The number of nitrogens with one attached hydrogen (secondary N) is 1. The first-order valence-electron chi connectivity index (χ1n) is 7.24. The summed E-state index contributed by atoms with van der Waals surface area (Å²) in [6.07, 6.45) is -1.62. The molecule has 0 bridgehead atoms. The van der Waals surface area contributed by atoms with Crippen molar-refractivity contribution in [3.05, 3.63) is 0 Å². The molecule has 0 aromatic heterocycles. The van der Waals surface area contributed by atoms with E-state index in [-0.39, 0.29) is 18.9 Å². The maximum Gasteiger partial charge on any atom is 0.258 e. The van der Waals surface area contributed by atoms with Gasteiger partial charge in [0.2, 0.25) is 11.8 Å². The zero-order valence-corrected chi connectivity index (χ0v) is 16.1. The van der Waals surface area contributed by atoms with Crippen molar-refractivity contribution >= 4 is 46.3 Å². The van der Waals surface area contributed by atoms with Crippen LogP contribution in [0, 0.1) is 5.41 Å². The summed E-state index contributed by atoms with van der Waals surface area (Å²) in [5.74, 6) is -1.22. The quantitative estimate of drug-likeness (QED) is 0.313. The smallest absolute Gasteiger partial charge is 0.258 e. The highest BCUT2D eigenvalue weighted by Crippen LogP contribution is 2.22. The van der Waals surface area contributed by atoms with Gasteiger partial charge in [-0.3, -0.25) is 19.3 Å². The molecular weight excluding hydrogens is 388 g/mol. The molecule has 2 atom stereocenters. The number of halogens is 1. The molecule has 0 aliphatic carbocycles. The minimum absolute atomic E-state index is 0.0722. The Bertz CT molecular complexity index is 431. The van der Waals surface area contributed by atoms with Gasteiger partial charge in [-0.2, -0.15) is 12.6 Å². The van der Waals surface area contributed by atoms with E-state index in [0.717, 1.165) is 4.90 Å². The second-order valence-corrected chi connectivity index (χ2v) is 7.64. The Morgan fingerprint density at radius 2 is 1.87 bits per heavy atom. The van der Waals surface area contributed by atoms with Crippen LogP contribution in [0.2, 0.25) is 0 Å². The van der Waals surface area contributed by atoms with Crippen molar-refractivity contribution < 1.29 is 24.6 Å². The molecular formula is C14H25BrN2O5S. The third-order valence-electron chi connectivity index (χ3n) is 3.25. The van der Waals surface area contributed by atoms with E-state index in [9.17, 15) is 24.6 Å². The molecule has 0 aliphatic heterocycles. The van der Waals surface area contributed by atoms with E-state index in [0.29, 0.717) is 12.3 Å². The van der Waals surface area contributed by atoms with Crippen LogP contribution in [0.1, 0.15) is 27.2 Å². The highest BCUT2D eigenvalue weighted by atomic mass is 79.9. The predicted octanol–water partition coefficient (Wildman–Crippen LogP) is -0.0595. The maximum absolute atomic E-state index is 12.4. The van der Waals surface area contributed by atoms with Gasteiger partial charge >= 0.3 is 0 Å². The summed E-state index contributed by atoms with van der Waals surface area (Å²) in [6.45, 7) is 4.38. The summed E-state index contributed by atoms with van der Waals surface area (Å²) >= 11 is 7.06. The number of aliphatic hydroxyl groups excluding tert-OH is 2. The number of aliphatic hydroxyl groups is 2. The molecule has 0 aromatic rings. The number of imide groups is 1. The number of hydrogen-bond donors (Lipinski definition) is 4. The Kier molecular flexibility index (Phi) is 9.99. The predicted molar refractivity (Wildman–Crippen MR) is 93.5 cm³/mol. The van der Waals surface area contributed by atoms with Gasteiger partial charge in [0.05, 0.1) is 11.4 Å². The summed E-state index contributed by atoms with van der Waals surface area (Å²) < 4.78 is 0. The van der Waals surface area contributed by atoms with Crippen molar-refractivity contribution in [3.63, 3.8) is 0 Å². The fourth-order valence-electron chi connectivity index (χ4n) is 1.61. The number of alkyl halides is 1. The van der Waals surface area contributed by atoms with Gasteiger partial charge in [-0.05, 0) is 6.92 Å². The molecule has 9 heteroatoms. The summed E-state index contributed by atoms with van der Waals surface area (Å²) in [7, 11) is 0. The number of rotatable bonds is 9. The van der Waals surface area contributed by atoms with Crippen LogP contribution in [0.3, 0.4) is 0 Å². The first-order valence-corrected chi connectivity index (χ1v) is 8.79. The van der Waals surface area contributed by atoms with E-state index in [2.05, 4.69) is 33.9 Å². The average Bonchev–Trinajstić information content (AvgIpc) is 2.51. The lowest BCUT2D eigenvalue weighted by Gasteiger charge is -2.32. The van der Waals surface area contributed by atoms with E-state index >= 15 is 0 Å². The van der Waals surface area contributed by atoms with Crippen molar-refractivity contribution in [2.75, 3.05) is 25.4 Å². The molecule has 134 valence electrons. The van der Waals surface area contributed by atoms with Crippen LogP contribution in [0.5, 0.6) is 0 Å². The van der Waals surface area contributed by atoms with Crippen molar-refractivity contribution in [2.24, 2.45) is 5.41 Å². The molecule has 3 N–H and O–H groups in total. The summed E-state index contributed by atoms with van der Waals surface area (Å²) in [5, 5.41) is 22.0. The molecule has 0 rings (SSSR count). The molecule has 0 aliphatic rings. The molecule has 0 fully saturated rings. The summed E-state index contributed by atoms with van der Waals surface area (Å²) in [5.41, 5.74) is -1.10. The highest BCUT2D eigenvalue weighted by Gasteiger charge is 2.38. The summed E-state index contributed by atoms with van der Waals surface area (Å²) in [6, 6.07) is 0. The summed E-state index contributed by atoms with van der Waals surface area (Å²) in [4.78, 5) is 36.4. The molecule has 0 radical (unpaired) electrons. The lowest BCUT2D eigenvalue weighted by Crippen LogP contribution is -2.52. The first kappa shape index (κ1) is 22.4. The Morgan fingerprint density at radius 3 is 2.30 bits per heavy atom. The monoisotopic (exact) mass is 412 g/mol. The van der Waals surface area contributed by atoms with Gasteiger partial charge in [0, 0.05) is 30.7 Å². The van der Waals surface area contributed by atoms with Gasteiger partial charge in [0.15, 0.2) is 0 Å². The second-order valence-electron chi connectivity index (χ2n) is 5.82. The molecule has 3 amide bonds. The van der Waals surface area contributed by atoms with Crippen LogP contribution in [0.25, 0.3) is 0 Å². The molecule has 0 spiro atoms. The highest BCUT2D eigenvalue weighted by molar-refractivity contribution is 9.10. The molecule has 1 unspecified atom stereocenters. The SMILES string of the molecule is CC(Br)C(=O)N(CCC(=O)NCCS)C(=O)[C@H](O)C(C)(C)CO. The number of nitrogens with zero attached hydrogens (tertiary/aromatic N) is 1. The van der Waals surface area contributed by atoms with Crippen LogP contribution < -0.4 is 5.32 Å². The third kappa shape index (κ3) is 7.19. The number of amides is 3. The molecule has 0 aromatic carbocycles. The van der Waals surface area contributed by atoms with Crippen LogP contribution in [-0.2, 0) is 14.4 Å². The Balaban J connectivity index is 5.05. The Morgan fingerprint density at radius 1 is 1.30 bits per heavy atom. The van der Waals surface area contributed by atoms with Gasteiger partial charge in [-0.1, -0.05) is 29.8 Å². The van der Waals surface area contributed by atoms with Crippen molar-refractivity contribution in [1.82, 2.24) is 10.2 Å². The Hall–Kier alpha value is -0.640. The second kappa shape index (κ2) is 10.3. The maximum atomic E-state index is 12.4. The van der Waals surface area contributed by atoms with Gasteiger partial charge < -0.3 is 15.5 Å². The average molecular weight is 413 g/mol. The third-order valence-corrected chi connectivity index (χ3v) is 3.87. The van der Waals surface area contributed by atoms with Gasteiger partial charge in [-0.25, -0.2) is 0 Å². The largest absolute Gasteiger partial charge is 0.396 e. The van der Waals surface area contributed by atoms with Crippen LogP contribution >= 0.6 is 28.6 Å². The Labute approximate surface area is 150 Å². The molecule has 0 heterocycles. The minimum atomic E-state index is -1.55. The lowest BCUT2D eigenvalue weighted by molar-refractivity contribution is -0.156. The molecule has 0 saturated heterocycles. The van der Waals surface area contributed by atoms with E-state index in [1.54, 1.807) is 6.92 Å². The topological polar surface area (TPSA) is 107 Å². The van der Waals surface area contributed by atoms with E-state index in [1.807, 2.05) is 0 Å².